The van der Waals surface area contributed by atoms with Crippen molar-refractivity contribution < 1.29 is 32.6 Å². The molecule has 9 nitrogen and oxygen atoms in total. The van der Waals surface area contributed by atoms with Crippen molar-refractivity contribution in [2.24, 2.45) is 0 Å². The minimum Gasteiger partial charge on any atom is -0.494 e. The predicted molar refractivity (Wildman–Crippen MR) is 110 cm³/mol. The fourth-order valence-electron chi connectivity index (χ4n) is 3.27. The van der Waals surface area contributed by atoms with Crippen LogP contribution in [-0.4, -0.2) is 55.4 Å². The molecule has 0 bridgehead atoms. The van der Waals surface area contributed by atoms with E-state index in [1.165, 1.54) is 24.3 Å². The number of hydrogen-bond donors (Lipinski definition) is 2. The lowest BCUT2D eigenvalue weighted by atomic mass is 10.1. The molecular weight excluding hydrogens is 424 g/mol. The third-order valence-electron chi connectivity index (χ3n) is 4.79. The number of nitrogens with one attached hydrogen (secondary N) is 1. The number of amides is 2. The van der Waals surface area contributed by atoms with Crippen molar-refractivity contribution >= 4 is 27.8 Å². The lowest BCUT2D eigenvalue weighted by Crippen LogP contribution is -2.41. The van der Waals surface area contributed by atoms with E-state index in [1.54, 1.807) is 31.2 Å². The number of aliphatic carboxylic acids is 1. The van der Waals surface area contributed by atoms with Crippen molar-refractivity contribution in [1.82, 2.24) is 9.62 Å². The van der Waals surface area contributed by atoms with Gasteiger partial charge in [0.05, 0.1) is 22.6 Å². The molecule has 0 saturated heterocycles. The van der Waals surface area contributed by atoms with Gasteiger partial charge in [0.15, 0.2) is 0 Å². The van der Waals surface area contributed by atoms with Crippen molar-refractivity contribution in [3.63, 3.8) is 0 Å². The zero-order valence-corrected chi connectivity index (χ0v) is 17.6. The first-order valence-electron chi connectivity index (χ1n) is 9.68. The molecule has 3 rings (SSSR count). The zero-order valence-electron chi connectivity index (χ0n) is 16.8. The van der Waals surface area contributed by atoms with E-state index in [-0.39, 0.29) is 24.3 Å². The number of carbonyl (C=O) groups excluding carboxylic acids is 2. The second kappa shape index (κ2) is 9.27. The van der Waals surface area contributed by atoms with Gasteiger partial charge in [-0.1, -0.05) is 12.1 Å². The molecular formula is C21H22N2O7S. The molecule has 164 valence electrons. The quantitative estimate of drug-likeness (QED) is 0.533. The molecule has 1 heterocycles. The first-order chi connectivity index (χ1) is 14.7. The third kappa shape index (κ3) is 4.92. The van der Waals surface area contributed by atoms with Gasteiger partial charge >= 0.3 is 5.97 Å². The summed E-state index contributed by atoms with van der Waals surface area (Å²) in [6.07, 6.45) is 0.0211. The number of carbonyl (C=O) groups is 3. The third-order valence-corrected chi connectivity index (χ3v) is 6.28. The molecule has 10 heteroatoms. The molecule has 0 spiro atoms. The predicted octanol–water partition coefficient (Wildman–Crippen LogP) is 1.89. The second-order valence-corrected chi connectivity index (χ2v) is 8.58. The van der Waals surface area contributed by atoms with E-state index in [2.05, 4.69) is 4.72 Å². The molecule has 0 fully saturated rings. The van der Waals surface area contributed by atoms with Crippen LogP contribution in [0.25, 0.3) is 0 Å². The Morgan fingerprint density at radius 2 is 1.65 bits per heavy atom. The van der Waals surface area contributed by atoms with Crippen LogP contribution >= 0.6 is 0 Å². The van der Waals surface area contributed by atoms with Gasteiger partial charge in [-0.25, -0.2) is 8.42 Å². The van der Waals surface area contributed by atoms with Gasteiger partial charge in [-0.3, -0.25) is 19.3 Å². The number of rotatable bonds is 10. The molecule has 0 unspecified atom stereocenters. The normalized spacial score (nSPS) is 14.4. The minimum atomic E-state index is -4.08. The highest BCUT2D eigenvalue weighted by Crippen LogP contribution is 2.23. The fraction of sp³-hybridized carbons (Fsp3) is 0.286. The molecule has 0 aromatic heterocycles. The average Bonchev–Trinajstić information content (AvgIpc) is 2.98. The summed E-state index contributed by atoms with van der Waals surface area (Å²) in [5, 5.41) is 9.44. The van der Waals surface area contributed by atoms with Crippen molar-refractivity contribution in [3.8, 4) is 5.75 Å². The highest BCUT2D eigenvalue weighted by molar-refractivity contribution is 7.89. The maximum atomic E-state index is 12.6. The topological polar surface area (TPSA) is 130 Å². The van der Waals surface area contributed by atoms with Crippen LogP contribution in [0.3, 0.4) is 0 Å². The maximum Gasteiger partial charge on any atom is 0.321 e. The summed E-state index contributed by atoms with van der Waals surface area (Å²) >= 11 is 0. The monoisotopic (exact) mass is 446 g/mol. The Bertz CT molecular complexity index is 1060. The number of carboxylic acids is 1. The summed E-state index contributed by atoms with van der Waals surface area (Å²) in [6, 6.07) is 10.6. The molecule has 31 heavy (non-hydrogen) atoms. The summed E-state index contributed by atoms with van der Waals surface area (Å²) in [7, 11) is -4.08. The highest BCUT2D eigenvalue weighted by Gasteiger charge is 2.35. The van der Waals surface area contributed by atoms with Crippen LogP contribution in [0.15, 0.2) is 53.4 Å². The molecule has 0 saturated carbocycles. The number of benzene rings is 2. The van der Waals surface area contributed by atoms with Gasteiger partial charge in [-0.2, -0.15) is 4.72 Å². The second-order valence-electron chi connectivity index (χ2n) is 6.87. The standard InChI is InChI=1S/C21H22N2O7S/c1-2-30-14-9-11-15(12-10-14)31(28,29)22-18(21(26)27)8-5-13-23-19(24)16-6-3-4-7-17(16)20(23)25/h3-4,6-7,9-12,18,22H,2,5,8,13H2,1H3,(H,26,27)/t18-/m1/s1. The Kier molecular flexibility index (Phi) is 6.71. The molecule has 0 aliphatic carbocycles. The minimum absolute atomic E-state index is 0.0130. The summed E-state index contributed by atoms with van der Waals surface area (Å²) in [6.45, 7) is 2.21. The molecule has 2 amide bonds. The molecule has 0 radical (unpaired) electrons. The van der Waals surface area contributed by atoms with Crippen molar-refractivity contribution in [3.05, 3.63) is 59.7 Å². The van der Waals surface area contributed by atoms with Crippen molar-refractivity contribution in [1.29, 1.82) is 0 Å². The van der Waals surface area contributed by atoms with Crippen LogP contribution in [-0.2, 0) is 14.8 Å². The number of sulfonamides is 1. The summed E-state index contributed by atoms with van der Waals surface area (Å²) < 4.78 is 32.5. The Morgan fingerprint density at radius 1 is 1.06 bits per heavy atom. The van der Waals surface area contributed by atoms with Gasteiger partial charge in [0.2, 0.25) is 10.0 Å². The van der Waals surface area contributed by atoms with E-state index in [0.717, 1.165) is 4.90 Å². The first-order valence-corrected chi connectivity index (χ1v) is 11.2. The Hall–Kier alpha value is -3.24. The van der Waals surface area contributed by atoms with E-state index in [0.29, 0.717) is 23.5 Å². The van der Waals surface area contributed by atoms with Crippen molar-refractivity contribution in [2.75, 3.05) is 13.2 Å². The number of ether oxygens (including phenoxy) is 1. The van der Waals surface area contributed by atoms with Gasteiger partial charge in [0.25, 0.3) is 11.8 Å². The molecule has 2 aromatic carbocycles. The Morgan fingerprint density at radius 3 is 2.16 bits per heavy atom. The van der Waals surface area contributed by atoms with Crippen LogP contribution in [0.4, 0.5) is 0 Å². The van der Waals surface area contributed by atoms with E-state index < -0.39 is 33.8 Å². The number of carboxylic acid groups (broad SMARTS) is 1. The Labute approximate surface area is 179 Å². The number of imide groups is 1. The zero-order chi connectivity index (χ0) is 22.6. The summed E-state index contributed by atoms with van der Waals surface area (Å²) in [5.74, 6) is -1.74. The van der Waals surface area contributed by atoms with Crippen LogP contribution in [0.1, 0.15) is 40.5 Å². The van der Waals surface area contributed by atoms with E-state index in [9.17, 15) is 27.9 Å². The molecule has 1 atom stereocenters. The van der Waals surface area contributed by atoms with Crippen LogP contribution in [0.5, 0.6) is 5.75 Å². The summed E-state index contributed by atoms with van der Waals surface area (Å²) in [4.78, 5) is 37.3. The maximum absolute atomic E-state index is 12.6. The lowest BCUT2D eigenvalue weighted by molar-refractivity contribution is -0.139. The van der Waals surface area contributed by atoms with Crippen molar-refractivity contribution in [2.45, 2.75) is 30.7 Å². The van der Waals surface area contributed by atoms with Gasteiger partial charge in [-0.05, 0) is 56.2 Å². The first kappa shape index (κ1) is 22.4. The highest BCUT2D eigenvalue weighted by atomic mass is 32.2. The van der Waals surface area contributed by atoms with E-state index in [4.69, 9.17) is 4.74 Å². The molecule has 1 aliphatic heterocycles. The Balaban J connectivity index is 1.62. The van der Waals surface area contributed by atoms with E-state index in [1.807, 2.05) is 0 Å². The average molecular weight is 446 g/mol. The van der Waals surface area contributed by atoms with Gasteiger partial charge < -0.3 is 9.84 Å². The fourth-order valence-corrected chi connectivity index (χ4v) is 4.49. The number of hydrogen-bond acceptors (Lipinski definition) is 6. The summed E-state index contributed by atoms with van der Waals surface area (Å²) in [5.41, 5.74) is 0.608. The smallest absolute Gasteiger partial charge is 0.321 e. The number of fused-ring (bicyclic) bond motifs is 1. The van der Waals surface area contributed by atoms with Gasteiger partial charge in [0.1, 0.15) is 11.8 Å². The lowest BCUT2D eigenvalue weighted by Gasteiger charge is -2.17. The molecule has 2 N–H and O–H groups in total. The molecule has 2 aromatic rings. The SMILES string of the molecule is CCOc1ccc(S(=O)(=O)N[C@H](CCCN2C(=O)c3ccccc3C2=O)C(=O)O)cc1. The van der Waals surface area contributed by atoms with Crippen LogP contribution in [0.2, 0.25) is 0 Å². The molecule has 1 aliphatic rings. The largest absolute Gasteiger partial charge is 0.494 e. The van der Waals surface area contributed by atoms with Gasteiger partial charge in [-0.15, -0.1) is 0 Å². The van der Waals surface area contributed by atoms with Crippen LogP contribution < -0.4 is 9.46 Å². The van der Waals surface area contributed by atoms with Gasteiger partial charge in [0, 0.05) is 6.54 Å². The number of nitrogens with zero attached hydrogens (tertiary/aromatic N) is 1. The van der Waals surface area contributed by atoms with E-state index >= 15 is 0 Å². The van der Waals surface area contributed by atoms with Crippen LogP contribution in [0, 0.1) is 0 Å².